The Morgan fingerprint density at radius 1 is 1.27 bits per heavy atom. The van der Waals surface area contributed by atoms with Gasteiger partial charge in [0.2, 0.25) is 0 Å². The van der Waals surface area contributed by atoms with E-state index in [0.29, 0.717) is 11.4 Å². The first-order valence-corrected chi connectivity index (χ1v) is 4.54. The van der Waals surface area contributed by atoms with Crippen LogP contribution in [-0.2, 0) is 0 Å². The molecule has 0 fully saturated rings. The summed E-state index contributed by atoms with van der Waals surface area (Å²) in [7, 11) is 0. The molecular formula is C11H11FN2O. The highest BCUT2D eigenvalue weighted by atomic mass is 19.1. The Labute approximate surface area is 86.9 Å². The third kappa shape index (κ3) is 1.85. The van der Waals surface area contributed by atoms with Crippen molar-refractivity contribution < 1.29 is 9.50 Å². The Morgan fingerprint density at radius 2 is 1.93 bits per heavy atom. The number of allylic oxidation sites excluding steroid dienone is 2. The van der Waals surface area contributed by atoms with E-state index < -0.39 is 6.23 Å². The van der Waals surface area contributed by atoms with Crippen LogP contribution < -0.4 is 10.6 Å². The lowest BCUT2D eigenvalue weighted by Crippen LogP contribution is -2.36. The van der Waals surface area contributed by atoms with Gasteiger partial charge >= 0.3 is 0 Å². The van der Waals surface area contributed by atoms with Gasteiger partial charge in [-0.1, -0.05) is 0 Å². The summed E-state index contributed by atoms with van der Waals surface area (Å²) in [6.07, 6.45) is 4.16. The van der Waals surface area contributed by atoms with Gasteiger partial charge in [0.15, 0.2) is 6.23 Å². The molecule has 0 bridgehead atoms. The van der Waals surface area contributed by atoms with Gasteiger partial charge in [-0.05, 0) is 36.4 Å². The minimum absolute atomic E-state index is 0.308. The smallest absolute Gasteiger partial charge is 0.171 e. The molecule has 78 valence electrons. The van der Waals surface area contributed by atoms with Gasteiger partial charge in [-0.2, -0.15) is 0 Å². The van der Waals surface area contributed by atoms with Gasteiger partial charge in [-0.15, -0.1) is 0 Å². The van der Waals surface area contributed by atoms with E-state index in [0.717, 1.165) is 0 Å². The minimum Gasteiger partial charge on any atom is -0.398 e. The predicted octanol–water partition coefficient (Wildman–Crippen LogP) is 1.32. The highest BCUT2D eigenvalue weighted by Crippen LogP contribution is 2.21. The van der Waals surface area contributed by atoms with Crippen LogP contribution in [0.25, 0.3) is 0 Å². The highest BCUT2D eigenvalue weighted by molar-refractivity contribution is 5.53. The van der Waals surface area contributed by atoms with E-state index in [9.17, 15) is 9.50 Å². The summed E-state index contributed by atoms with van der Waals surface area (Å²) in [4.78, 5) is 1.56. The van der Waals surface area contributed by atoms with Crippen molar-refractivity contribution in [1.29, 1.82) is 0 Å². The lowest BCUT2D eigenvalue weighted by Gasteiger charge is -2.28. The second-order valence-electron chi connectivity index (χ2n) is 3.27. The third-order valence-corrected chi connectivity index (χ3v) is 2.22. The van der Waals surface area contributed by atoms with E-state index >= 15 is 0 Å². The van der Waals surface area contributed by atoms with Crippen LogP contribution in [0.2, 0.25) is 0 Å². The van der Waals surface area contributed by atoms with Crippen molar-refractivity contribution in [2.24, 2.45) is 5.73 Å². The molecule has 0 amide bonds. The second kappa shape index (κ2) is 3.74. The SMILES string of the molecule is NC1=CC=CN(c2ccc(F)cc2)C1O. The van der Waals surface area contributed by atoms with Crippen LogP contribution >= 0.6 is 0 Å². The molecule has 1 atom stereocenters. The molecule has 15 heavy (non-hydrogen) atoms. The molecule has 0 radical (unpaired) electrons. The fraction of sp³-hybridized carbons (Fsp3) is 0.0909. The van der Waals surface area contributed by atoms with Crippen molar-refractivity contribution in [2.45, 2.75) is 6.23 Å². The van der Waals surface area contributed by atoms with Gasteiger partial charge in [0.1, 0.15) is 5.82 Å². The van der Waals surface area contributed by atoms with Crippen LogP contribution in [0.4, 0.5) is 10.1 Å². The molecule has 1 aromatic rings. The lowest BCUT2D eigenvalue weighted by molar-refractivity contribution is 0.212. The number of rotatable bonds is 1. The molecule has 2 rings (SSSR count). The van der Waals surface area contributed by atoms with Crippen LogP contribution in [-0.4, -0.2) is 11.3 Å². The summed E-state index contributed by atoms with van der Waals surface area (Å²) in [6, 6.07) is 5.85. The molecule has 1 unspecified atom stereocenters. The van der Waals surface area contributed by atoms with Crippen molar-refractivity contribution >= 4 is 5.69 Å². The minimum atomic E-state index is -0.888. The maximum absolute atomic E-state index is 12.7. The van der Waals surface area contributed by atoms with Gasteiger partial charge < -0.3 is 15.7 Å². The molecule has 0 aliphatic carbocycles. The largest absolute Gasteiger partial charge is 0.398 e. The zero-order chi connectivity index (χ0) is 10.8. The van der Waals surface area contributed by atoms with Crippen LogP contribution in [0.5, 0.6) is 0 Å². The van der Waals surface area contributed by atoms with Crippen molar-refractivity contribution in [1.82, 2.24) is 0 Å². The topological polar surface area (TPSA) is 49.5 Å². The van der Waals surface area contributed by atoms with E-state index in [2.05, 4.69) is 0 Å². The van der Waals surface area contributed by atoms with Crippen molar-refractivity contribution in [3.8, 4) is 0 Å². The molecule has 0 spiro atoms. The molecule has 1 aromatic carbocycles. The molecule has 4 heteroatoms. The maximum atomic E-state index is 12.7. The molecule has 0 aromatic heterocycles. The summed E-state index contributed by atoms with van der Waals surface area (Å²) >= 11 is 0. The molecule has 0 saturated carbocycles. The van der Waals surface area contributed by atoms with Gasteiger partial charge in [-0.3, -0.25) is 0 Å². The van der Waals surface area contributed by atoms with Crippen molar-refractivity contribution in [2.75, 3.05) is 4.90 Å². The number of benzene rings is 1. The summed E-state index contributed by atoms with van der Waals surface area (Å²) in [5.41, 5.74) is 6.63. The Balaban J connectivity index is 2.29. The zero-order valence-corrected chi connectivity index (χ0v) is 7.97. The highest BCUT2D eigenvalue weighted by Gasteiger charge is 2.18. The summed E-state index contributed by atoms with van der Waals surface area (Å²) < 4.78 is 12.7. The van der Waals surface area contributed by atoms with E-state index in [1.807, 2.05) is 0 Å². The molecule has 1 aliphatic heterocycles. The molecule has 3 N–H and O–H groups in total. The fourth-order valence-electron chi connectivity index (χ4n) is 1.42. The quantitative estimate of drug-likeness (QED) is 0.728. The zero-order valence-electron chi connectivity index (χ0n) is 7.97. The maximum Gasteiger partial charge on any atom is 0.171 e. The van der Waals surface area contributed by atoms with Crippen LogP contribution in [0.1, 0.15) is 0 Å². The number of nitrogens with zero attached hydrogens (tertiary/aromatic N) is 1. The number of nitrogens with two attached hydrogens (primary N) is 1. The molecule has 3 nitrogen and oxygen atoms in total. The number of aliphatic hydroxyl groups excluding tert-OH is 1. The van der Waals surface area contributed by atoms with Crippen LogP contribution in [0.3, 0.4) is 0 Å². The van der Waals surface area contributed by atoms with Crippen molar-refractivity contribution in [3.05, 3.63) is 54.1 Å². The van der Waals surface area contributed by atoms with E-state index in [1.54, 1.807) is 35.4 Å². The number of halogens is 1. The third-order valence-electron chi connectivity index (χ3n) is 2.22. The average Bonchev–Trinajstić information content (AvgIpc) is 2.24. The number of aliphatic hydroxyl groups is 1. The standard InChI is InChI=1S/C11H11FN2O/c12-8-3-5-9(6-4-8)14-7-1-2-10(13)11(14)15/h1-7,11,15H,13H2. The Kier molecular flexibility index (Phi) is 2.43. The number of hydrogen-bond acceptors (Lipinski definition) is 3. The number of hydrogen-bond donors (Lipinski definition) is 2. The fourth-order valence-corrected chi connectivity index (χ4v) is 1.42. The first kappa shape index (κ1) is 9.73. The van der Waals surface area contributed by atoms with Crippen LogP contribution in [0.15, 0.2) is 48.3 Å². The van der Waals surface area contributed by atoms with E-state index in [-0.39, 0.29) is 5.82 Å². The van der Waals surface area contributed by atoms with E-state index in [4.69, 9.17) is 5.73 Å². The van der Waals surface area contributed by atoms with Gasteiger partial charge in [-0.25, -0.2) is 4.39 Å². The van der Waals surface area contributed by atoms with Gasteiger partial charge in [0.25, 0.3) is 0 Å². The van der Waals surface area contributed by atoms with Crippen LogP contribution in [0, 0.1) is 5.82 Å². The first-order valence-electron chi connectivity index (χ1n) is 4.54. The van der Waals surface area contributed by atoms with Crippen molar-refractivity contribution in [3.63, 3.8) is 0 Å². The second-order valence-corrected chi connectivity index (χ2v) is 3.27. The Hall–Kier alpha value is -1.81. The van der Waals surface area contributed by atoms with Gasteiger partial charge in [0, 0.05) is 11.9 Å². The lowest BCUT2D eigenvalue weighted by atomic mass is 10.2. The normalized spacial score (nSPS) is 20.3. The first-order chi connectivity index (χ1) is 7.18. The van der Waals surface area contributed by atoms with E-state index in [1.165, 1.54) is 12.1 Å². The Morgan fingerprint density at radius 3 is 2.60 bits per heavy atom. The molecule has 1 heterocycles. The predicted molar refractivity (Wildman–Crippen MR) is 56.3 cm³/mol. The Bertz CT molecular complexity index is 411. The summed E-state index contributed by atoms with van der Waals surface area (Å²) in [5.74, 6) is -0.308. The summed E-state index contributed by atoms with van der Waals surface area (Å²) in [5, 5.41) is 9.75. The molecule has 1 aliphatic rings. The monoisotopic (exact) mass is 206 g/mol. The number of anilines is 1. The molecule has 0 saturated heterocycles. The van der Waals surface area contributed by atoms with Gasteiger partial charge in [0.05, 0.1) is 5.70 Å². The molecular weight excluding hydrogens is 195 g/mol. The summed E-state index contributed by atoms with van der Waals surface area (Å²) in [6.45, 7) is 0. The average molecular weight is 206 g/mol.